The molecular formula is C22H25NO. The molecule has 1 fully saturated rings. The van der Waals surface area contributed by atoms with Gasteiger partial charge in [0.05, 0.1) is 13.2 Å². The van der Waals surface area contributed by atoms with Crippen molar-refractivity contribution in [2.45, 2.75) is 19.3 Å². The van der Waals surface area contributed by atoms with Crippen LogP contribution >= 0.6 is 0 Å². The van der Waals surface area contributed by atoms with Crippen LogP contribution in [-0.4, -0.2) is 37.7 Å². The number of fused-ring (bicyclic) bond motifs is 2. The second-order valence-electron chi connectivity index (χ2n) is 6.67. The summed E-state index contributed by atoms with van der Waals surface area (Å²) in [6.45, 7) is 5.01. The molecule has 1 heterocycles. The van der Waals surface area contributed by atoms with Gasteiger partial charge in [0.2, 0.25) is 0 Å². The van der Waals surface area contributed by atoms with E-state index in [2.05, 4.69) is 59.5 Å². The Balaban J connectivity index is 1.63. The van der Waals surface area contributed by atoms with Crippen LogP contribution in [-0.2, 0) is 17.6 Å². The number of benzene rings is 2. The zero-order chi connectivity index (χ0) is 16.2. The molecule has 0 radical (unpaired) electrons. The average Bonchev–Trinajstić information content (AvgIpc) is 2.80. The number of morpholine rings is 1. The van der Waals surface area contributed by atoms with Crippen LogP contribution in [0.1, 0.15) is 28.7 Å². The molecule has 0 aromatic heterocycles. The van der Waals surface area contributed by atoms with E-state index in [0.29, 0.717) is 0 Å². The summed E-state index contributed by atoms with van der Waals surface area (Å²) in [5.41, 5.74) is 7.22. The summed E-state index contributed by atoms with van der Waals surface area (Å²) in [5, 5.41) is 0. The topological polar surface area (TPSA) is 12.5 Å². The van der Waals surface area contributed by atoms with Crippen LogP contribution in [0.3, 0.4) is 0 Å². The van der Waals surface area contributed by atoms with E-state index in [9.17, 15) is 0 Å². The van der Waals surface area contributed by atoms with E-state index >= 15 is 0 Å². The molecule has 2 aromatic carbocycles. The summed E-state index contributed by atoms with van der Waals surface area (Å²) >= 11 is 0. The minimum Gasteiger partial charge on any atom is -0.379 e. The first-order chi connectivity index (χ1) is 11.9. The first kappa shape index (κ1) is 15.6. The molecule has 0 unspecified atom stereocenters. The number of rotatable bonds is 3. The van der Waals surface area contributed by atoms with Gasteiger partial charge in [0.15, 0.2) is 0 Å². The molecule has 0 spiro atoms. The summed E-state index contributed by atoms with van der Waals surface area (Å²) in [6, 6.07) is 17.8. The van der Waals surface area contributed by atoms with Crippen molar-refractivity contribution < 1.29 is 4.74 Å². The number of hydrogen-bond acceptors (Lipinski definition) is 2. The lowest BCUT2D eigenvalue weighted by atomic mass is 9.93. The van der Waals surface area contributed by atoms with E-state index in [1.807, 2.05) is 0 Å². The molecule has 2 aliphatic rings. The van der Waals surface area contributed by atoms with Crippen molar-refractivity contribution in [3.05, 3.63) is 76.9 Å². The molecule has 2 aromatic rings. The van der Waals surface area contributed by atoms with Gasteiger partial charge in [0.1, 0.15) is 0 Å². The third-order valence-corrected chi connectivity index (χ3v) is 5.18. The standard InChI is InChI=1S/C22H25NO/c1-3-8-20-18(6-1)11-12-19-7-2-4-9-21(19)22(20)10-5-13-23-14-16-24-17-15-23/h1-4,6-10H,5,11-17H2. The quantitative estimate of drug-likeness (QED) is 0.849. The lowest BCUT2D eigenvalue weighted by Crippen LogP contribution is -2.36. The molecule has 2 heteroatoms. The minimum absolute atomic E-state index is 0.877. The molecule has 0 saturated carbocycles. The average molecular weight is 319 g/mol. The smallest absolute Gasteiger partial charge is 0.0594 e. The highest BCUT2D eigenvalue weighted by molar-refractivity contribution is 5.83. The second-order valence-corrected chi connectivity index (χ2v) is 6.67. The Labute approximate surface area is 144 Å². The monoisotopic (exact) mass is 319 g/mol. The molecule has 0 bridgehead atoms. The number of ether oxygens (including phenoxy) is 1. The van der Waals surface area contributed by atoms with Gasteiger partial charge in [-0.05, 0) is 47.1 Å². The Kier molecular flexibility index (Phi) is 4.77. The Hall–Kier alpha value is -1.90. The summed E-state index contributed by atoms with van der Waals surface area (Å²) in [6.07, 6.45) is 5.82. The zero-order valence-corrected chi connectivity index (χ0v) is 14.2. The Morgan fingerprint density at radius 2 is 1.42 bits per heavy atom. The third-order valence-electron chi connectivity index (χ3n) is 5.18. The summed E-state index contributed by atoms with van der Waals surface area (Å²) in [4.78, 5) is 2.51. The van der Waals surface area contributed by atoms with E-state index < -0.39 is 0 Å². The van der Waals surface area contributed by atoms with Crippen LogP contribution in [0.25, 0.3) is 5.57 Å². The lowest BCUT2D eigenvalue weighted by Gasteiger charge is -2.26. The van der Waals surface area contributed by atoms with E-state index in [0.717, 1.165) is 52.1 Å². The van der Waals surface area contributed by atoms with E-state index in [1.165, 1.54) is 27.8 Å². The van der Waals surface area contributed by atoms with Gasteiger partial charge in [0.25, 0.3) is 0 Å². The predicted molar refractivity (Wildman–Crippen MR) is 99.2 cm³/mol. The SMILES string of the molecule is C(CCN1CCOCC1)=C1c2ccccc2CCc2ccccc21. The van der Waals surface area contributed by atoms with Crippen LogP contribution < -0.4 is 0 Å². The highest BCUT2D eigenvalue weighted by Crippen LogP contribution is 2.33. The van der Waals surface area contributed by atoms with Gasteiger partial charge in [-0.2, -0.15) is 0 Å². The molecule has 4 rings (SSSR count). The summed E-state index contributed by atoms with van der Waals surface area (Å²) in [7, 11) is 0. The summed E-state index contributed by atoms with van der Waals surface area (Å²) in [5.74, 6) is 0. The van der Waals surface area contributed by atoms with Gasteiger partial charge in [-0.3, -0.25) is 4.90 Å². The number of aryl methyl sites for hydroxylation is 2. The van der Waals surface area contributed by atoms with Crippen molar-refractivity contribution in [1.82, 2.24) is 4.90 Å². The highest BCUT2D eigenvalue weighted by atomic mass is 16.5. The van der Waals surface area contributed by atoms with Crippen LogP contribution in [0.15, 0.2) is 54.6 Å². The van der Waals surface area contributed by atoms with Gasteiger partial charge < -0.3 is 4.74 Å². The number of nitrogens with zero attached hydrogens (tertiary/aromatic N) is 1. The first-order valence-electron chi connectivity index (χ1n) is 9.08. The Bertz CT molecular complexity index is 679. The zero-order valence-electron chi connectivity index (χ0n) is 14.2. The molecule has 0 amide bonds. The van der Waals surface area contributed by atoms with Crippen molar-refractivity contribution in [2.75, 3.05) is 32.8 Å². The maximum absolute atomic E-state index is 5.45. The van der Waals surface area contributed by atoms with E-state index in [-0.39, 0.29) is 0 Å². The maximum atomic E-state index is 5.45. The molecule has 0 N–H and O–H groups in total. The normalized spacial score (nSPS) is 17.8. The lowest BCUT2D eigenvalue weighted by molar-refractivity contribution is 0.0387. The van der Waals surface area contributed by atoms with Crippen molar-refractivity contribution in [3.63, 3.8) is 0 Å². The third kappa shape index (κ3) is 3.31. The molecule has 1 saturated heterocycles. The van der Waals surface area contributed by atoms with Crippen molar-refractivity contribution in [1.29, 1.82) is 0 Å². The Morgan fingerprint density at radius 3 is 2.04 bits per heavy atom. The van der Waals surface area contributed by atoms with Crippen molar-refractivity contribution >= 4 is 5.57 Å². The second kappa shape index (κ2) is 7.33. The molecule has 24 heavy (non-hydrogen) atoms. The highest BCUT2D eigenvalue weighted by Gasteiger charge is 2.17. The minimum atomic E-state index is 0.877. The predicted octanol–water partition coefficient (Wildman–Crippen LogP) is 3.94. The fourth-order valence-corrected chi connectivity index (χ4v) is 3.85. The van der Waals surface area contributed by atoms with Crippen LogP contribution in [0.5, 0.6) is 0 Å². The molecule has 1 aliphatic heterocycles. The molecule has 124 valence electrons. The van der Waals surface area contributed by atoms with Gasteiger partial charge in [0, 0.05) is 19.6 Å². The summed E-state index contributed by atoms with van der Waals surface area (Å²) < 4.78 is 5.45. The number of hydrogen-bond donors (Lipinski definition) is 0. The van der Waals surface area contributed by atoms with E-state index in [4.69, 9.17) is 4.74 Å². The largest absolute Gasteiger partial charge is 0.379 e. The van der Waals surface area contributed by atoms with Crippen molar-refractivity contribution in [2.24, 2.45) is 0 Å². The van der Waals surface area contributed by atoms with Gasteiger partial charge in [-0.25, -0.2) is 0 Å². The van der Waals surface area contributed by atoms with Crippen LogP contribution in [0.2, 0.25) is 0 Å². The molecular weight excluding hydrogens is 294 g/mol. The fraction of sp³-hybridized carbons (Fsp3) is 0.364. The van der Waals surface area contributed by atoms with Crippen LogP contribution in [0, 0.1) is 0 Å². The Morgan fingerprint density at radius 1 is 0.833 bits per heavy atom. The van der Waals surface area contributed by atoms with E-state index in [1.54, 1.807) is 0 Å². The van der Waals surface area contributed by atoms with Crippen LogP contribution in [0.4, 0.5) is 0 Å². The van der Waals surface area contributed by atoms with Gasteiger partial charge in [-0.1, -0.05) is 54.6 Å². The molecule has 2 nitrogen and oxygen atoms in total. The molecule has 0 atom stereocenters. The first-order valence-corrected chi connectivity index (χ1v) is 9.08. The molecule has 1 aliphatic carbocycles. The van der Waals surface area contributed by atoms with Gasteiger partial charge in [-0.15, -0.1) is 0 Å². The fourth-order valence-electron chi connectivity index (χ4n) is 3.85. The maximum Gasteiger partial charge on any atom is 0.0594 e. The van der Waals surface area contributed by atoms with Gasteiger partial charge >= 0.3 is 0 Å². The van der Waals surface area contributed by atoms with Crippen molar-refractivity contribution in [3.8, 4) is 0 Å².